The predicted octanol–water partition coefficient (Wildman–Crippen LogP) is 8.98. The maximum atomic E-state index is 6.52. The third-order valence-corrected chi connectivity index (χ3v) is 6.78. The second-order valence-electron chi connectivity index (χ2n) is 7.18. The average molecular weight is 458 g/mol. The molecule has 5 aromatic carbocycles. The van der Waals surface area contributed by atoms with Gasteiger partial charge in [0.15, 0.2) is 0 Å². The molecule has 0 radical (unpaired) electrons. The van der Waals surface area contributed by atoms with Gasteiger partial charge in [0.05, 0.1) is 5.02 Å². The van der Waals surface area contributed by atoms with Gasteiger partial charge in [0.1, 0.15) is 11.2 Å². The Labute approximate surface area is 180 Å². The van der Waals surface area contributed by atoms with Crippen LogP contribution in [0, 0.1) is 0 Å². The van der Waals surface area contributed by atoms with Gasteiger partial charge in [0.25, 0.3) is 0 Å². The molecule has 0 fully saturated rings. The summed E-state index contributed by atoms with van der Waals surface area (Å²) in [5.41, 5.74) is 3.94. The molecule has 6 rings (SSSR count). The van der Waals surface area contributed by atoms with Crippen LogP contribution in [0.1, 0.15) is 0 Å². The van der Waals surface area contributed by atoms with Crippen LogP contribution in [0.3, 0.4) is 0 Å². The number of hydrogen-bond acceptors (Lipinski definition) is 1. The van der Waals surface area contributed by atoms with E-state index in [1.807, 2.05) is 18.2 Å². The summed E-state index contributed by atoms with van der Waals surface area (Å²) in [6, 6.07) is 29.1. The fraction of sp³-hybridized carbons (Fsp3) is 0. The van der Waals surface area contributed by atoms with Crippen molar-refractivity contribution < 1.29 is 4.42 Å². The van der Waals surface area contributed by atoms with E-state index in [4.69, 9.17) is 16.0 Å². The van der Waals surface area contributed by atoms with Gasteiger partial charge in [-0.05, 0) is 49.6 Å². The molecule has 138 valence electrons. The number of para-hydroxylation sites is 1. The van der Waals surface area contributed by atoms with Crippen molar-refractivity contribution in [1.82, 2.24) is 0 Å². The molecular formula is C26H14BrClO. The summed E-state index contributed by atoms with van der Waals surface area (Å²) >= 11 is 10.4. The first-order valence-electron chi connectivity index (χ1n) is 9.43. The Hall–Kier alpha value is -2.81. The van der Waals surface area contributed by atoms with E-state index in [1.54, 1.807) is 0 Å². The molecule has 0 unspecified atom stereocenters. The number of benzene rings is 5. The molecule has 1 heterocycles. The van der Waals surface area contributed by atoms with Gasteiger partial charge >= 0.3 is 0 Å². The SMILES string of the molecule is Clc1cccc2oc3c(-c4c5ccccc5c(Br)c5ccccc45)cccc3c12. The van der Waals surface area contributed by atoms with Crippen LogP contribution in [-0.2, 0) is 0 Å². The Kier molecular flexibility index (Phi) is 3.74. The van der Waals surface area contributed by atoms with Crippen LogP contribution in [0.2, 0.25) is 5.02 Å². The molecule has 0 amide bonds. The Morgan fingerprint density at radius 1 is 0.621 bits per heavy atom. The van der Waals surface area contributed by atoms with Crippen LogP contribution in [0.15, 0.2) is 93.8 Å². The first kappa shape index (κ1) is 17.1. The summed E-state index contributed by atoms with van der Waals surface area (Å²) in [7, 11) is 0. The van der Waals surface area contributed by atoms with E-state index >= 15 is 0 Å². The molecule has 0 atom stereocenters. The normalized spacial score (nSPS) is 11.8. The topological polar surface area (TPSA) is 13.1 Å². The highest BCUT2D eigenvalue weighted by Crippen LogP contribution is 2.45. The molecule has 0 aliphatic rings. The van der Waals surface area contributed by atoms with E-state index in [2.05, 4.69) is 82.7 Å². The van der Waals surface area contributed by atoms with Crippen molar-refractivity contribution >= 4 is 71.0 Å². The van der Waals surface area contributed by atoms with E-state index in [0.29, 0.717) is 5.02 Å². The van der Waals surface area contributed by atoms with Crippen molar-refractivity contribution in [2.45, 2.75) is 0 Å². The van der Waals surface area contributed by atoms with Crippen LogP contribution in [-0.4, -0.2) is 0 Å². The molecule has 0 saturated heterocycles. The molecule has 6 aromatic rings. The molecule has 1 aromatic heterocycles. The lowest BCUT2D eigenvalue weighted by molar-refractivity contribution is 0.670. The van der Waals surface area contributed by atoms with Gasteiger partial charge in [0.2, 0.25) is 0 Å². The minimum absolute atomic E-state index is 0.712. The summed E-state index contributed by atoms with van der Waals surface area (Å²) < 4.78 is 7.47. The maximum Gasteiger partial charge on any atom is 0.143 e. The second kappa shape index (κ2) is 6.35. The van der Waals surface area contributed by atoms with Gasteiger partial charge in [-0.3, -0.25) is 0 Å². The van der Waals surface area contributed by atoms with E-state index < -0.39 is 0 Å². The third kappa shape index (κ3) is 2.40. The Morgan fingerprint density at radius 3 is 1.90 bits per heavy atom. The minimum atomic E-state index is 0.712. The quantitative estimate of drug-likeness (QED) is 0.224. The summed E-state index contributed by atoms with van der Waals surface area (Å²) in [5.74, 6) is 0. The lowest BCUT2D eigenvalue weighted by Crippen LogP contribution is -1.88. The molecule has 0 bridgehead atoms. The van der Waals surface area contributed by atoms with Crippen molar-refractivity contribution in [3.63, 3.8) is 0 Å². The van der Waals surface area contributed by atoms with Gasteiger partial charge < -0.3 is 4.42 Å². The minimum Gasteiger partial charge on any atom is -0.455 e. The van der Waals surface area contributed by atoms with E-state index in [0.717, 1.165) is 32.0 Å². The summed E-state index contributed by atoms with van der Waals surface area (Å²) in [4.78, 5) is 0. The molecule has 0 aliphatic carbocycles. The van der Waals surface area contributed by atoms with Gasteiger partial charge in [-0.2, -0.15) is 0 Å². The third-order valence-electron chi connectivity index (χ3n) is 5.61. The largest absolute Gasteiger partial charge is 0.455 e. The monoisotopic (exact) mass is 456 g/mol. The zero-order valence-corrected chi connectivity index (χ0v) is 17.6. The number of rotatable bonds is 1. The van der Waals surface area contributed by atoms with E-state index in [1.165, 1.54) is 27.1 Å². The van der Waals surface area contributed by atoms with Crippen molar-refractivity contribution in [1.29, 1.82) is 0 Å². The molecular weight excluding hydrogens is 444 g/mol. The van der Waals surface area contributed by atoms with Crippen LogP contribution in [0.25, 0.3) is 54.6 Å². The van der Waals surface area contributed by atoms with Crippen molar-refractivity contribution in [3.8, 4) is 11.1 Å². The Morgan fingerprint density at radius 2 is 1.21 bits per heavy atom. The Bertz CT molecular complexity index is 1520. The highest BCUT2D eigenvalue weighted by atomic mass is 79.9. The average Bonchev–Trinajstić information content (AvgIpc) is 3.15. The van der Waals surface area contributed by atoms with Gasteiger partial charge in [-0.25, -0.2) is 0 Å². The van der Waals surface area contributed by atoms with Crippen molar-refractivity contribution in [3.05, 3.63) is 94.4 Å². The summed E-state index contributed by atoms with van der Waals surface area (Å²) in [6.45, 7) is 0. The van der Waals surface area contributed by atoms with Gasteiger partial charge in [0, 0.05) is 26.4 Å². The number of halogens is 2. The molecule has 0 aliphatic heterocycles. The van der Waals surface area contributed by atoms with Gasteiger partial charge in [-0.1, -0.05) is 84.4 Å². The molecule has 29 heavy (non-hydrogen) atoms. The smallest absolute Gasteiger partial charge is 0.143 e. The van der Waals surface area contributed by atoms with Crippen LogP contribution in [0.4, 0.5) is 0 Å². The second-order valence-corrected chi connectivity index (χ2v) is 8.38. The molecule has 0 N–H and O–H groups in total. The van der Waals surface area contributed by atoms with Crippen LogP contribution >= 0.6 is 27.5 Å². The molecule has 0 saturated carbocycles. The zero-order chi connectivity index (χ0) is 19.5. The zero-order valence-electron chi connectivity index (χ0n) is 15.2. The van der Waals surface area contributed by atoms with Crippen LogP contribution < -0.4 is 0 Å². The highest BCUT2D eigenvalue weighted by molar-refractivity contribution is 9.10. The lowest BCUT2D eigenvalue weighted by atomic mass is 9.91. The number of hydrogen-bond donors (Lipinski definition) is 0. The summed E-state index contributed by atoms with van der Waals surface area (Å²) in [5, 5.41) is 7.48. The molecule has 1 nitrogen and oxygen atoms in total. The van der Waals surface area contributed by atoms with Crippen LogP contribution in [0.5, 0.6) is 0 Å². The highest BCUT2D eigenvalue weighted by Gasteiger charge is 2.19. The predicted molar refractivity (Wildman–Crippen MR) is 127 cm³/mol. The number of fused-ring (bicyclic) bond motifs is 5. The van der Waals surface area contributed by atoms with Crippen molar-refractivity contribution in [2.24, 2.45) is 0 Å². The fourth-order valence-electron chi connectivity index (χ4n) is 4.37. The Balaban J connectivity index is 1.86. The molecule has 3 heteroatoms. The van der Waals surface area contributed by atoms with Crippen molar-refractivity contribution in [2.75, 3.05) is 0 Å². The van der Waals surface area contributed by atoms with E-state index in [9.17, 15) is 0 Å². The first-order valence-corrected chi connectivity index (χ1v) is 10.6. The van der Waals surface area contributed by atoms with Gasteiger partial charge in [-0.15, -0.1) is 0 Å². The summed E-state index contributed by atoms with van der Waals surface area (Å²) in [6.07, 6.45) is 0. The van der Waals surface area contributed by atoms with E-state index in [-0.39, 0.29) is 0 Å². The maximum absolute atomic E-state index is 6.52. The lowest BCUT2D eigenvalue weighted by Gasteiger charge is -2.14. The number of furan rings is 1. The molecule has 0 spiro atoms. The fourth-order valence-corrected chi connectivity index (χ4v) is 5.33. The standard InChI is InChI=1S/C26H14BrClO/c27-25-17-9-3-1-7-15(17)23(16-8-2-4-10-18(16)25)19-11-5-12-20-24-21(28)13-6-14-22(24)29-26(19)20/h1-14H. The first-order chi connectivity index (χ1) is 14.2.